The van der Waals surface area contributed by atoms with Crippen LogP contribution in [0.15, 0.2) is 16.2 Å². The molecule has 0 fully saturated rings. The van der Waals surface area contributed by atoms with Crippen LogP contribution in [-0.4, -0.2) is 24.6 Å². The van der Waals surface area contributed by atoms with Crippen molar-refractivity contribution >= 4 is 17.1 Å². The van der Waals surface area contributed by atoms with Gasteiger partial charge < -0.3 is 5.73 Å². The number of hydrogen-bond donors (Lipinski definition) is 2. The molecule has 0 radical (unpaired) electrons. The zero-order valence-corrected chi connectivity index (χ0v) is 11.2. The molecule has 8 heteroatoms. The van der Waals surface area contributed by atoms with E-state index in [4.69, 9.17) is 5.73 Å². The molecule has 0 saturated carbocycles. The Morgan fingerprint density at radius 1 is 1.42 bits per heavy atom. The van der Waals surface area contributed by atoms with E-state index in [1.54, 1.807) is 6.92 Å². The van der Waals surface area contributed by atoms with Crippen molar-refractivity contribution < 1.29 is 0 Å². The van der Waals surface area contributed by atoms with Crippen molar-refractivity contribution in [2.45, 2.75) is 19.9 Å². The first-order chi connectivity index (χ1) is 9.04. The molecule has 0 saturated heterocycles. The molecule has 1 atom stereocenters. The number of fused-ring (bicyclic) bond motifs is 1. The van der Waals surface area contributed by atoms with Crippen LogP contribution in [0.2, 0.25) is 0 Å². The van der Waals surface area contributed by atoms with E-state index < -0.39 is 0 Å². The molecule has 0 amide bonds. The fourth-order valence-electron chi connectivity index (χ4n) is 1.71. The Hall–Kier alpha value is -2.06. The molecule has 0 aromatic carbocycles. The molecule has 3 aromatic rings. The number of aromatic nitrogens is 5. The fraction of sp³-hybridized carbons (Fsp3) is 0.273. The maximum Gasteiger partial charge on any atom is 0.274 e. The summed E-state index contributed by atoms with van der Waals surface area (Å²) in [6.45, 7) is 3.63. The van der Waals surface area contributed by atoms with Crippen LogP contribution in [0.4, 0.5) is 0 Å². The first-order valence-corrected chi connectivity index (χ1v) is 6.60. The van der Waals surface area contributed by atoms with Gasteiger partial charge >= 0.3 is 0 Å². The summed E-state index contributed by atoms with van der Waals surface area (Å²) >= 11 is 1.47. The average molecular weight is 276 g/mol. The topological polar surface area (TPSA) is 102 Å². The van der Waals surface area contributed by atoms with Gasteiger partial charge in [0.15, 0.2) is 5.82 Å². The molecule has 0 bridgehead atoms. The maximum absolute atomic E-state index is 11.8. The van der Waals surface area contributed by atoms with Crippen molar-refractivity contribution in [1.82, 2.24) is 24.6 Å². The molecular formula is C11H12N6OS. The monoisotopic (exact) mass is 276 g/mol. The Balaban J connectivity index is 2.15. The van der Waals surface area contributed by atoms with Crippen molar-refractivity contribution in [3.05, 3.63) is 32.5 Å². The summed E-state index contributed by atoms with van der Waals surface area (Å²) in [5.74, 6) is 0.855. The number of nitrogens with two attached hydrogens (primary N) is 1. The highest BCUT2D eigenvalue weighted by molar-refractivity contribution is 7.10. The molecular weight excluding hydrogens is 264 g/mol. The molecule has 98 valence electrons. The first-order valence-electron chi connectivity index (χ1n) is 5.72. The lowest BCUT2D eigenvalue weighted by molar-refractivity contribution is 0.806. The van der Waals surface area contributed by atoms with Crippen LogP contribution in [0.3, 0.4) is 0 Å². The van der Waals surface area contributed by atoms with E-state index in [1.807, 2.05) is 12.3 Å². The molecule has 3 heterocycles. The molecule has 3 N–H and O–H groups in total. The number of aromatic amines is 1. The Morgan fingerprint density at radius 2 is 2.21 bits per heavy atom. The maximum atomic E-state index is 11.8. The number of hydrogen-bond acceptors (Lipinski definition) is 6. The minimum absolute atomic E-state index is 0.119. The summed E-state index contributed by atoms with van der Waals surface area (Å²) in [4.78, 5) is 24.6. The van der Waals surface area contributed by atoms with Gasteiger partial charge in [-0.2, -0.15) is 9.50 Å². The zero-order chi connectivity index (χ0) is 13.6. The quantitative estimate of drug-likeness (QED) is 0.723. The van der Waals surface area contributed by atoms with Crippen LogP contribution < -0.4 is 11.3 Å². The third-order valence-electron chi connectivity index (χ3n) is 2.61. The lowest BCUT2D eigenvalue weighted by atomic mass is 10.4. The van der Waals surface area contributed by atoms with Crippen molar-refractivity contribution in [2.24, 2.45) is 5.73 Å². The Kier molecular flexibility index (Phi) is 2.68. The third kappa shape index (κ3) is 2.04. The second-order valence-electron chi connectivity index (χ2n) is 4.30. The lowest BCUT2D eigenvalue weighted by Gasteiger charge is -1.96. The Morgan fingerprint density at radius 3 is 2.89 bits per heavy atom. The highest BCUT2D eigenvalue weighted by Gasteiger charge is 2.12. The van der Waals surface area contributed by atoms with Gasteiger partial charge in [-0.1, -0.05) is 0 Å². The van der Waals surface area contributed by atoms with Gasteiger partial charge in [-0.25, -0.2) is 9.97 Å². The van der Waals surface area contributed by atoms with Crippen LogP contribution >= 0.6 is 11.3 Å². The molecule has 0 aliphatic rings. The molecule has 1 unspecified atom stereocenters. The van der Waals surface area contributed by atoms with Gasteiger partial charge in [0.05, 0.1) is 6.04 Å². The molecule has 0 aliphatic carbocycles. The van der Waals surface area contributed by atoms with E-state index in [-0.39, 0.29) is 11.6 Å². The fourth-order valence-corrected chi connectivity index (χ4v) is 2.48. The van der Waals surface area contributed by atoms with E-state index in [2.05, 4.69) is 20.1 Å². The van der Waals surface area contributed by atoms with Crippen molar-refractivity contribution in [3.8, 4) is 11.5 Å². The van der Waals surface area contributed by atoms with Crippen LogP contribution in [0.25, 0.3) is 17.3 Å². The van der Waals surface area contributed by atoms with Crippen LogP contribution in [0.5, 0.6) is 0 Å². The van der Waals surface area contributed by atoms with Gasteiger partial charge in [-0.3, -0.25) is 9.89 Å². The van der Waals surface area contributed by atoms with Crippen molar-refractivity contribution in [1.29, 1.82) is 0 Å². The molecule has 3 rings (SSSR count). The minimum Gasteiger partial charge on any atom is -0.322 e. The zero-order valence-electron chi connectivity index (χ0n) is 10.4. The number of aryl methyl sites for hydroxylation is 1. The molecule has 0 spiro atoms. The van der Waals surface area contributed by atoms with E-state index in [0.29, 0.717) is 23.0 Å². The van der Waals surface area contributed by atoms with Gasteiger partial charge in [0.25, 0.3) is 11.3 Å². The number of rotatable bonds is 2. The summed E-state index contributed by atoms with van der Waals surface area (Å²) < 4.78 is 1.30. The molecule has 0 aliphatic heterocycles. The SMILES string of the molecule is Cc1cc(=O)n2[nH]c(-c3csc(C(C)N)n3)nc2n1. The molecule has 7 nitrogen and oxygen atoms in total. The highest BCUT2D eigenvalue weighted by atomic mass is 32.1. The van der Waals surface area contributed by atoms with Crippen molar-refractivity contribution in [3.63, 3.8) is 0 Å². The van der Waals surface area contributed by atoms with E-state index >= 15 is 0 Å². The number of H-pyrrole nitrogens is 1. The highest BCUT2D eigenvalue weighted by Crippen LogP contribution is 2.22. The number of nitrogens with one attached hydrogen (secondary N) is 1. The summed E-state index contributed by atoms with van der Waals surface area (Å²) in [5.41, 5.74) is 6.89. The van der Waals surface area contributed by atoms with Crippen LogP contribution in [0.1, 0.15) is 23.7 Å². The van der Waals surface area contributed by atoms with Crippen LogP contribution in [0, 0.1) is 6.92 Å². The average Bonchev–Trinajstić information content (AvgIpc) is 2.92. The minimum atomic E-state index is -0.191. The Labute approximate surface area is 112 Å². The standard InChI is InChI=1S/C11H12N6OS/c1-5-3-8(18)17-11(13-5)15-9(16-17)7-4-19-10(14-7)6(2)12/h3-4,6H,12H2,1-2H3,(H,13,15,16). The summed E-state index contributed by atoms with van der Waals surface area (Å²) in [6.07, 6.45) is 0. The second kappa shape index (κ2) is 4.25. The third-order valence-corrected chi connectivity index (χ3v) is 3.66. The van der Waals surface area contributed by atoms with E-state index in [0.717, 1.165) is 5.01 Å². The van der Waals surface area contributed by atoms with Gasteiger partial charge in [-0.15, -0.1) is 11.3 Å². The van der Waals surface area contributed by atoms with Gasteiger partial charge in [0.2, 0.25) is 0 Å². The largest absolute Gasteiger partial charge is 0.322 e. The smallest absolute Gasteiger partial charge is 0.274 e. The normalized spacial score (nSPS) is 13.0. The summed E-state index contributed by atoms with van der Waals surface area (Å²) in [6, 6.07) is 1.33. The molecule has 3 aromatic heterocycles. The second-order valence-corrected chi connectivity index (χ2v) is 5.19. The van der Waals surface area contributed by atoms with Crippen LogP contribution in [-0.2, 0) is 0 Å². The summed E-state index contributed by atoms with van der Waals surface area (Å²) in [5, 5.41) is 5.57. The van der Waals surface area contributed by atoms with Gasteiger partial charge in [0.1, 0.15) is 10.7 Å². The summed E-state index contributed by atoms with van der Waals surface area (Å²) in [7, 11) is 0. The van der Waals surface area contributed by atoms with Crippen molar-refractivity contribution in [2.75, 3.05) is 0 Å². The van der Waals surface area contributed by atoms with Gasteiger partial charge in [-0.05, 0) is 13.8 Å². The lowest BCUT2D eigenvalue weighted by Crippen LogP contribution is -2.14. The Bertz CT molecular complexity index is 799. The van der Waals surface area contributed by atoms with Gasteiger partial charge in [0, 0.05) is 17.1 Å². The van der Waals surface area contributed by atoms with E-state index in [1.165, 1.54) is 21.9 Å². The van der Waals surface area contributed by atoms with E-state index in [9.17, 15) is 4.79 Å². The molecule has 19 heavy (non-hydrogen) atoms. The number of nitrogens with zero attached hydrogens (tertiary/aromatic N) is 4. The first kappa shape index (κ1) is 12.0. The number of thiazole rings is 1. The predicted octanol–water partition coefficient (Wildman–Crippen LogP) is 0.869. The predicted molar refractivity (Wildman–Crippen MR) is 72.1 cm³/mol.